The molecule has 0 bridgehead atoms. The molecule has 1 aromatic carbocycles. The van der Waals surface area contributed by atoms with E-state index in [1.54, 1.807) is 0 Å². The van der Waals surface area contributed by atoms with Crippen LogP contribution in [-0.4, -0.2) is 18.1 Å². The van der Waals surface area contributed by atoms with Crippen molar-refractivity contribution in [1.29, 1.82) is 0 Å². The van der Waals surface area contributed by atoms with Crippen LogP contribution in [0.1, 0.15) is 25.8 Å². The van der Waals surface area contributed by atoms with E-state index in [9.17, 15) is 0 Å². The maximum atomic E-state index is 5.60. The maximum absolute atomic E-state index is 5.60. The lowest BCUT2D eigenvalue weighted by molar-refractivity contribution is 0.317. The van der Waals surface area contributed by atoms with Crippen molar-refractivity contribution in [3.05, 3.63) is 48.3 Å². The van der Waals surface area contributed by atoms with Crippen molar-refractivity contribution in [2.24, 2.45) is 0 Å². The van der Waals surface area contributed by atoms with Crippen LogP contribution in [0.5, 0.6) is 5.75 Å². The van der Waals surface area contributed by atoms with E-state index in [-0.39, 0.29) is 0 Å². The minimum absolute atomic E-state index is 0.763. The molecule has 3 heteroatoms. The van der Waals surface area contributed by atoms with Crippen molar-refractivity contribution < 1.29 is 4.74 Å². The minimum atomic E-state index is 0.763. The second kappa shape index (κ2) is 7.65. The highest BCUT2D eigenvalue weighted by Gasteiger charge is 2.01. The minimum Gasteiger partial charge on any atom is -0.494 e. The molecule has 0 saturated heterocycles. The van der Waals surface area contributed by atoms with Gasteiger partial charge in [0.1, 0.15) is 5.75 Å². The fourth-order valence-electron chi connectivity index (χ4n) is 1.97. The van der Waals surface area contributed by atoms with Crippen LogP contribution < -0.4 is 10.1 Å². The van der Waals surface area contributed by atoms with Crippen molar-refractivity contribution in [2.75, 3.05) is 13.2 Å². The molecular weight excluding hydrogens is 248 g/mol. The largest absolute Gasteiger partial charge is 0.494 e. The molecule has 0 saturated carbocycles. The van der Waals surface area contributed by atoms with Gasteiger partial charge in [-0.3, -0.25) is 4.98 Å². The Bertz CT molecular complexity index is 523. The molecule has 2 rings (SSSR count). The molecule has 1 N–H and O–H groups in total. The summed E-state index contributed by atoms with van der Waals surface area (Å²) in [5.74, 6) is 0.923. The summed E-state index contributed by atoms with van der Waals surface area (Å²) in [6.07, 6.45) is 4.83. The first-order valence-electron chi connectivity index (χ1n) is 7.21. The summed E-state index contributed by atoms with van der Waals surface area (Å²) < 4.78 is 5.60. The van der Waals surface area contributed by atoms with Crippen LogP contribution in [0.3, 0.4) is 0 Å². The van der Waals surface area contributed by atoms with Gasteiger partial charge in [-0.1, -0.05) is 26.0 Å². The highest BCUT2D eigenvalue weighted by molar-refractivity contribution is 5.63. The Hall–Kier alpha value is -1.87. The topological polar surface area (TPSA) is 34.1 Å². The maximum Gasteiger partial charge on any atom is 0.119 e. The molecule has 1 aromatic heterocycles. The van der Waals surface area contributed by atoms with Crippen LogP contribution in [0.25, 0.3) is 11.1 Å². The lowest BCUT2D eigenvalue weighted by Gasteiger charge is -2.07. The standard InChI is InChI=1S/C17H22N2O/c1-3-9-20-17-7-5-15(6-8-17)16-10-14(11-18-4-2)12-19-13-16/h5-8,10,12-13,18H,3-4,9,11H2,1-2H3. The Morgan fingerprint density at radius 2 is 1.85 bits per heavy atom. The van der Waals surface area contributed by atoms with Crippen molar-refractivity contribution in [3.8, 4) is 16.9 Å². The Labute approximate surface area is 121 Å². The van der Waals surface area contributed by atoms with Crippen molar-refractivity contribution >= 4 is 0 Å². The molecule has 0 aliphatic heterocycles. The van der Waals surface area contributed by atoms with Crippen molar-refractivity contribution in [1.82, 2.24) is 10.3 Å². The van der Waals surface area contributed by atoms with Gasteiger partial charge in [-0.15, -0.1) is 0 Å². The van der Waals surface area contributed by atoms with E-state index in [1.165, 1.54) is 11.1 Å². The van der Waals surface area contributed by atoms with Crippen LogP contribution in [0.2, 0.25) is 0 Å². The highest BCUT2D eigenvalue weighted by Crippen LogP contribution is 2.22. The van der Waals surface area contributed by atoms with Crippen LogP contribution in [-0.2, 0) is 6.54 Å². The van der Waals surface area contributed by atoms with Crippen LogP contribution >= 0.6 is 0 Å². The zero-order valence-electron chi connectivity index (χ0n) is 12.2. The molecule has 0 unspecified atom stereocenters. The molecule has 0 radical (unpaired) electrons. The Morgan fingerprint density at radius 3 is 2.55 bits per heavy atom. The summed E-state index contributed by atoms with van der Waals surface area (Å²) in [5.41, 5.74) is 3.51. The van der Waals surface area contributed by atoms with E-state index < -0.39 is 0 Å². The Balaban J connectivity index is 2.10. The third-order valence-electron chi connectivity index (χ3n) is 3.03. The fraction of sp³-hybridized carbons (Fsp3) is 0.353. The Morgan fingerprint density at radius 1 is 1.05 bits per heavy atom. The lowest BCUT2D eigenvalue weighted by atomic mass is 10.1. The fourth-order valence-corrected chi connectivity index (χ4v) is 1.97. The predicted molar refractivity (Wildman–Crippen MR) is 82.8 cm³/mol. The summed E-state index contributed by atoms with van der Waals surface area (Å²) in [4.78, 5) is 4.31. The van der Waals surface area contributed by atoms with Gasteiger partial charge in [0.25, 0.3) is 0 Å². The summed E-state index contributed by atoms with van der Waals surface area (Å²) >= 11 is 0. The third kappa shape index (κ3) is 4.07. The second-order valence-electron chi connectivity index (χ2n) is 4.74. The molecule has 0 fully saturated rings. The van der Waals surface area contributed by atoms with Crippen molar-refractivity contribution in [3.63, 3.8) is 0 Å². The third-order valence-corrected chi connectivity index (χ3v) is 3.03. The quantitative estimate of drug-likeness (QED) is 0.834. The van der Waals surface area contributed by atoms with Crippen LogP contribution in [0.4, 0.5) is 0 Å². The number of ether oxygens (including phenoxy) is 1. The van der Waals surface area contributed by atoms with Gasteiger partial charge in [0.15, 0.2) is 0 Å². The molecule has 3 nitrogen and oxygen atoms in total. The first-order valence-corrected chi connectivity index (χ1v) is 7.21. The van der Waals surface area contributed by atoms with E-state index in [2.05, 4.69) is 42.3 Å². The summed E-state index contributed by atoms with van der Waals surface area (Å²) in [5, 5.41) is 3.32. The van der Waals surface area contributed by atoms with Gasteiger partial charge in [0, 0.05) is 24.5 Å². The second-order valence-corrected chi connectivity index (χ2v) is 4.74. The molecule has 1 heterocycles. The number of rotatable bonds is 7. The molecule has 106 valence electrons. The molecule has 0 aliphatic rings. The highest BCUT2D eigenvalue weighted by atomic mass is 16.5. The summed E-state index contributed by atoms with van der Waals surface area (Å²) in [6, 6.07) is 10.4. The van der Waals surface area contributed by atoms with E-state index in [0.29, 0.717) is 0 Å². The normalized spacial score (nSPS) is 10.5. The number of aromatic nitrogens is 1. The SMILES string of the molecule is CCCOc1ccc(-c2cncc(CNCC)c2)cc1. The van der Waals surface area contributed by atoms with E-state index in [4.69, 9.17) is 4.74 Å². The van der Waals surface area contributed by atoms with Gasteiger partial charge < -0.3 is 10.1 Å². The zero-order valence-corrected chi connectivity index (χ0v) is 12.2. The van der Waals surface area contributed by atoms with Gasteiger partial charge in [-0.25, -0.2) is 0 Å². The van der Waals surface area contributed by atoms with Crippen LogP contribution in [0.15, 0.2) is 42.7 Å². The molecule has 0 amide bonds. The van der Waals surface area contributed by atoms with E-state index in [1.807, 2.05) is 24.5 Å². The number of nitrogens with zero attached hydrogens (tertiary/aromatic N) is 1. The van der Waals surface area contributed by atoms with Crippen LogP contribution in [0, 0.1) is 0 Å². The zero-order chi connectivity index (χ0) is 14.2. The number of nitrogens with one attached hydrogen (secondary N) is 1. The molecule has 0 spiro atoms. The predicted octanol–water partition coefficient (Wildman–Crippen LogP) is 3.65. The monoisotopic (exact) mass is 270 g/mol. The van der Waals surface area contributed by atoms with Gasteiger partial charge in [0.05, 0.1) is 6.61 Å². The van der Waals surface area contributed by atoms with E-state index >= 15 is 0 Å². The lowest BCUT2D eigenvalue weighted by Crippen LogP contribution is -2.11. The molecular formula is C17H22N2O. The number of hydrogen-bond acceptors (Lipinski definition) is 3. The molecule has 2 aromatic rings. The average Bonchev–Trinajstić information content (AvgIpc) is 2.52. The number of hydrogen-bond donors (Lipinski definition) is 1. The van der Waals surface area contributed by atoms with Gasteiger partial charge in [-0.05, 0) is 42.3 Å². The summed E-state index contributed by atoms with van der Waals surface area (Å²) in [7, 11) is 0. The smallest absolute Gasteiger partial charge is 0.119 e. The van der Waals surface area contributed by atoms with Gasteiger partial charge in [0.2, 0.25) is 0 Å². The molecule has 0 aliphatic carbocycles. The molecule has 0 atom stereocenters. The number of benzene rings is 1. The Kier molecular flexibility index (Phi) is 5.56. The summed E-state index contributed by atoms with van der Waals surface area (Å²) in [6.45, 7) is 6.80. The van der Waals surface area contributed by atoms with E-state index in [0.717, 1.165) is 37.4 Å². The number of pyridine rings is 1. The van der Waals surface area contributed by atoms with Crippen molar-refractivity contribution in [2.45, 2.75) is 26.8 Å². The molecule has 20 heavy (non-hydrogen) atoms. The van der Waals surface area contributed by atoms with Gasteiger partial charge >= 0.3 is 0 Å². The first-order chi connectivity index (χ1) is 9.83. The average molecular weight is 270 g/mol. The van der Waals surface area contributed by atoms with Gasteiger partial charge in [-0.2, -0.15) is 0 Å². The first kappa shape index (κ1) is 14.5.